The third-order valence-electron chi connectivity index (χ3n) is 6.21. The first kappa shape index (κ1) is 31.3. The highest BCUT2D eigenvalue weighted by molar-refractivity contribution is 6.06. The Morgan fingerprint density at radius 2 is 1.85 bits per heavy atom. The Labute approximate surface area is 237 Å². The molecule has 0 unspecified atom stereocenters. The molecule has 0 saturated heterocycles. The second-order valence-electron chi connectivity index (χ2n) is 10.5. The predicted molar refractivity (Wildman–Crippen MR) is 152 cm³/mol. The van der Waals surface area contributed by atoms with E-state index in [2.05, 4.69) is 20.5 Å². The van der Waals surface area contributed by atoms with Crippen LogP contribution >= 0.6 is 0 Å². The van der Waals surface area contributed by atoms with Crippen LogP contribution in [0.1, 0.15) is 53.5 Å². The van der Waals surface area contributed by atoms with Crippen molar-refractivity contribution in [3.63, 3.8) is 0 Å². The minimum absolute atomic E-state index is 0.00730. The van der Waals surface area contributed by atoms with E-state index in [-0.39, 0.29) is 29.1 Å². The SMILES string of the molecule is COc1c(CNC(C)(C)C)cc(OC(F)(F)F)cc1NC(=O)c1ccc(C)c(N(N)/C=C(\N)c2cnn(C)c2C)c1. The highest BCUT2D eigenvalue weighted by Crippen LogP contribution is 2.37. The zero-order valence-corrected chi connectivity index (χ0v) is 24.1. The summed E-state index contributed by atoms with van der Waals surface area (Å²) in [5.41, 5.74) is 9.64. The summed E-state index contributed by atoms with van der Waals surface area (Å²) in [6.45, 7) is 9.57. The van der Waals surface area contributed by atoms with Crippen molar-refractivity contribution in [3.8, 4) is 11.5 Å². The smallest absolute Gasteiger partial charge is 0.494 e. The lowest BCUT2D eigenvalue weighted by atomic mass is 10.1. The van der Waals surface area contributed by atoms with Crippen molar-refractivity contribution in [1.29, 1.82) is 0 Å². The maximum Gasteiger partial charge on any atom is 0.573 e. The lowest BCUT2D eigenvalue weighted by molar-refractivity contribution is -0.274. The lowest BCUT2D eigenvalue weighted by Crippen LogP contribution is -2.35. The Balaban J connectivity index is 1.95. The molecular formula is C28H36F3N7O3. The van der Waals surface area contributed by atoms with Crippen LogP contribution in [0.2, 0.25) is 0 Å². The van der Waals surface area contributed by atoms with E-state index in [0.29, 0.717) is 22.5 Å². The van der Waals surface area contributed by atoms with Crippen LogP contribution in [-0.4, -0.2) is 34.7 Å². The van der Waals surface area contributed by atoms with Gasteiger partial charge in [0.1, 0.15) is 11.5 Å². The molecule has 3 aromatic rings. The Morgan fingerprint density at radius 3 is 2.41 bits per heavy atom. The van der Waals surface area contributed by atoms with E-state index in [1.54, 1.807) is 36.1 Å². The Hall–Kier alpha value is -4.23. The molecule has 0 aliphatic heterocycles. The molecule has 1 amide bonds. The number of alkyl halides is 3. The molecule has 0 aliphatic carbocycles. The molecule has 10 nitrogen and oxygen atoms in total. The van der Waals surface area contributed by atoms with Gasteiger partial charge in [-0.3, -0.25) is 14.5 Å². The van der Waals surface area contributed by atoms with Gasteiger partial charge in [0.25, 0.3) is 5.91 Å². The van der Waals surface area contributed by atoms with Crippen LogP contribution in [0.5, 0.6) is 11.5 Å². The summed E-state index contributed by atoms with van der Waals surface area (Å²) in [4.78, 5) is 13.3. The number of nitrogens with zero attached hydrogens (tertiary/aromatic N) is 3. The molecule has 6 N–H and O–H groups in total. The van der Waals surface area contributed by atoms with Gasteiger partial charge in [-0.15, -0.1) is 13.2 Å². The largest absolute Gasteiger partial charge is 0.573 e. The first-order valence-electron chi connectivity index (χ1n) is 12.6. The zero-order valence-electron chi connectivity index (χ0n) is 24.1. The third-order valence-corrected chi connectivity index (χ3v) is 6.21. The van der Waals surface area contributed by atoms with E-state index in [4.69, 9.17) is 16.3 Å². The average molecular weight is 576 g/mol. The normalized spacial score (nSPS) is 12.3. The van der Waals surface area contributed by atoms with Crippen molar-refractivity contribution in [2.24, 2.45) is 18.6 Å². The minimum atomic E-state index is -4.93. The molecule has 0 spiro atoms. The third kappa shape index (κ3) is 8.14. The topological polar surface area (TPSA) is 133 Å². The van der Waals surface area contributed by atoms with Gasteiger partial charge in [-0.05, 0) is 58.4 Å². The van der Waals surface area contributed by atoms with Gasteiger partial charge in [-0.2, -0.15) is 5.10 Å². The van der Waals surface area contributed by atoms with Crippen molar-refractivity contribution in [2.75, 3.05) is 17.4 Å². The second-order valence-corrected chi connectivity index (χ2v) is 10.5. The van der Waals surface area contributed by atoms with Gasteiger partial charge >= 0.3 is 6.36 Å². The van der Waals surface area contributed by atoms with Crippen LogP contribution in [0.25, 0.3) is 5.70 Å². The van der Waals surface area contributed by atoms with Crippen molar-refractivity contribution in [2.45, 2.75) is 53.1 Å². The highest BCUT2D eigenvalue weighted by Gasteiger charge is 2.32. The molecule has 1 aromatic heterocycles. The van der Waals surface area contributed by atoms with Crippen LogP contribution in [0.3, 0.4) is 0 Å². The number of ether oxygens (including phenoxy) is 2. The first-order valence-corrected chi connectivity index (χ1v) is 12.6. The van der Waals surface area contributed by atoms with E-state index >= 15 is 0 Å². The van der Waals surface area contributed by atoms with Crippen molar-refractivity contribution in [1.82, 2.24) is 15.1 Å². The fourth-order valence-corrected chi connectivity index (χ4v) is 3.97. The number of rotatable bonds is 9. The molecule has 41 heavy (non-hydrogen) atoms. The Morgan fingerprint density at radius 1 is 1.17 bits per heavy atom. The van der Waals surface area contributed by atoms with E-state index in [1.807, 2.05) is 34.6 Å². The molecule has 1 heterocycles. The van der Waals surface area contributed by atoms with E-state index < -0.39 is 18.0 Å². The van der Waals surface area contributed by atoms with Gasteiger partial charge in [0, 0.05) is 53.8 Å². The quantitative estimate of drug-likeness (QED) is 0.213. The molecule has 222 valence electrons. The molecule has 13 heteroatoms. The number of methoxy groups -OCH3 is 1. The second kappa shape index (κ2) is 12.1. The molecule has 0 saturated carbocycles. The number of anilines is 2. The minimum Gasteiger partial charge on any atom is -0.494 e. The Bertz CT molecular complexity index is 1440. The number of aromatic nitrogens is 2. The molecule has 3 rings (SSSR count). The van der Waals surface area contributed by atoms with Crippen LogP contribution < -0.4 is 36.7 Å². The van der Waals surface area contributed by atoms with Crippen LogP contribution in [0.4, 0.5) is 24.5 Å². The number of carbonyl (C=O) groups is 1. The van der Waals surface area contributed by atoms with Crippen molar-refractivity contribution < 1.29 is 27.4 Å². The highest BCUT2D eigenvalue weighted by atomic mass is 19.4. The number of hydrazine groups is 1. The number of nitrogens with two attached hydrogens (primary N) is 2. The molecule has 0 bridgehead atoms. The van der Waals surface area contributed by atoms with Gasteiger partial charge in [-0.25, -0.2) is 5.84 Å². The van der Waals surface area contributed by atoms with Crippen LogP contribution in [-0.2, 0) is 13.6 Å². The van der Waals surface area contributed by atoms with Gasteiger partial charge < -0.3 is 25.8 Å². The number of benzene rings is 2. The molecule has 2 aromatic carbocycles. The maximum absolute atomic E-state index is 13.3. The molecule has 0 atom stereocenters. The number of halogens is 3. The number of hydrogen-bond acceptors (Lipinski definition) is 8. The Kier molecular flexibility index (Phi) is 9.24. The van der Waals surface area contributed by atoms with E-state index in [0.717, 1.165) is 17.3 Å². The number of aryl methyl sites for hydroxylation is 2. The molecular weight excluding hydrogens is 539 g/mol. The van der Waals surface area contributed by atoms with Crippen molar-refractivity contribution in [3.05, 3.63) is 70.7 Å². The summed E-state index contributed by atoms with van der Waals surface area (Å²) in [5.74, 6) is 5.39. The summed E-state index contributed by atoms with van der Waals surface area (Å²) in [5, 5.41) is 11.3. The number of amides is 1. The monoisotopic (exact) mass is 575 g/mol. The number of carbonyl (C=O) groups excluding carboxylic acids is 1. The average Bonchev–Trinajstić information content (AvgIpc) is 3.19. The maximum atomic E-state index is 13.3. The standard InChI is InChI=1S/C28H36F3N7O3/c1-16-8-9-18(11-24(16)38(33)15-22(32)21-14-35-37(6)17(21)2)26(39)36-23-12-20(41-28(29,30)31)10-19(25(23)40-7)13-34-27(3,4)5/h8-12,14-15,34H,13,32-33H2,1-7H3,(H,36,39)/b22-15-. The molecule has 0 aliphatic rings. The summed E-state index contributed by atoms with van der Waals surface area (Å²) in [6, 6.07) is 7.11. The summed E-state index contributed by atoms with van der Waals surface area (Å²) in [7, 11) is 3.16. The number of nitrogens with one attached hydrogen (secondary N) is 2. The van der Waals surface area contributed by atoms with Gasteiger partial charge in [0.05, 0.1) is 30.4 Å². The van der Waals surface area contributed by atoms with Gasteiger partial charge in [0.2, 0.25) is 0 Å². The fraction of sp³-hybridized carbons (Fsp3) is 0.357. The first-order chi connectivity index (χ1) is 19.0. The van der Waals surface area contributed by atoms with Crippen molar-refractivity contribution >= 4 is 23.0 Å². The fourth-order valence-electron chi connectivity index (χ4n) is 3.97. The summed E-state index contributed by atoms with van der Waals surface area (Å²) < 4.78 is 50.6. The molecule has 0 radical (unpaired) electrons. The molecule has 0 fully saturated rings. The summed E-state index contributed by atoms with van der Waals surface area (Å²) in [6.07, 6.45) is -1.78. The van der Waals surface area contributed by atoms with E-state index in [9.17, 15) is 18.0 Å². The van der Waals surface area contributed by atoms with E-state index in [1.165, 1.54) is 24.4 Å². The van der Waals surface area contributed by atoms with Crippen LogP contribution in [0.15, 0.2) is 42.7 Å². The summed E-state index contributed by atoms with van der Waals surface area (Å²) >= 11 is 0. The number of hydrogen-bond donors (Lipinski definition) is 4. The zero-order chi connectivity index (χ0) is 30.7. The predicted octanol–water partition coefficient (Wildman–Crippen LogP) is 4.72. The van der Waals surface area contributed by atoms with Gasteiger partial charge in [-0.1, -0.05) is 6.07 Å². The lowest BCUT2D eigenvalue weighted by Gasteiger charge is -2.23. The van der Waals surface area contributed by atoms with Gasteiger partial charge in [0.15, 0.2) is 0 Å². The van der Waals surface area contributed by atoms with Crippen LogP contribution in [0, 0.1) is 13.8 Å².